The highest BCUT2D eigenvalue weighted by atomic mass is 19.2. The molecule has 280 valence electrons. The van der Waals surface area contributed by atoms with Gasteiger partial charge in [0, 0.05) is 36.7 Å². The highest BCUT2D eigenvalue weighted by Crippen LogP contribution is 2.37. The predicted octanol–water partition coefficient (Wildman–Crippen LogP) is 10.6. The fourth-order valence-electron chi connectivity index (χ4n) is 5.78. The van der Waals surface area contributed by atoms with Crippen LogP contribution in [0.4, 0.5) is 19.3 Å². The molecule has 1 N–H and O–H groups in total. The van der Waals surface area contributed by atoms with Gasteiger partial charge in [-0.2, -0.15) is 0 Å². The molecule has 1 aliphatic rings. The lowest BCUT2D eigenvalue weighted by atomic mass is 10.0. The second kappa shape index (κ2) is 19.9. The van der Waals surface area contributed by atoms with Crippen molar-refractivity contribution in [3.63, 3.8) is 0 Å². The highest BCUT2D eigenvalue weighted by Gasteiger charge is 2.36. The van der Waals surface area contributed by atoms with Crippen LogP contribution in [0.5, 0.6) is 17.2 Å². The first-order valence-corrected chi connectivity index (χ1v) is 18.0. The molecule has 1 atom stereocenters. The summed E-state index contributed by atoms with van der Waals surface area (Å²) >= 11 is 0. The van der Waals surface area contributed by atoms with Crippen molar-refractivity contribution in [1.82, 2.24) is 4.90 Å². The zero-order chi connectivity index (χ0) is 38.3. The summed E-state index contributed by atoms with van der Waals surface area (Å²) in [6.45, 7) is 12.6. The fourth-order valence-corrected chi connectivity index (χ4v) is 5.78. The lowest BCUT2D eigenvalue weighted by Crippen LogP contribution is -2.36. The number of nitrogens with one attached hydrogen (secondary N) is 1. The van der Waals surface area contributed by atoms with Gasteiger partial charge in [-0.15, -0.1) is 0 Å². The van der Waals surface area contributed by atoms with E-state index in [9.17, 15) is 23.2 Å². The molecule has 0 saturated heterocycles. The zero-order valence-corrected chi connectivity index (χ0v) is 30.9. The number of amides is 2. The quantitative estimate of drug-likeness (QED) is 0.0912. The second-order valence-electron chi connectivity index (χ2n) is 12.9. The smallest absolute Gasteiger partial charge is 0.411 e. The molecule has 5 rings (SSSR count). The van der Waals surface area contributed by atoms with Crippen molar-refractivity contribution in [2.45, 2.75) is 85.4 Å². The van der Waals surface area contributed by atoms with Crippen LogP contribution in [0.1, 0.15) is 86.8 Å². The number of Topliss-reactive ketones (excluding diaryl/α,β-unsaturated/α-hetero) is 1. The number of benzene rings is 4. The summed E-state index contributed by atoms with van der Waals surface area (Å²) in [5.74, 6) is -1.23. The third kappa shape index (κ3) is 11.5. The van der Waals surface area contributed by atoms with Crippen LogP contribution in [0.2, 0.25) is 0 Å². The lowest BCUT2D eigenvalue weighted by molar-refractivity contribution is -0.119. The van der Waals surface area contributed by atoms with Crippen molar-refractivity contribution in [3.05, 3.63) is 131 Å². The topological polar surface area (TPSA) is 94.2 Å². The Hall–Kier alpha value is -5.51. The Bertz CT molecular complexity index is 1860. The van der Waals surface area contributed by atoms with E-state index in [4.69, 9.17) is 14.2 Å². The summed E-state index contributed by atoms with van der Waals surface area (Å²) in [6, 6.07) is 22.9. The largest absolute Gasteiger partial charge is 0.492 e. The minimum atomic E-state index is -1.02. The van der Waals surface area contributed by atoms with Crippen LogP contribution in [-0.2, 0) is 29.1 Å². The van der Waals surface area contributed by atoms with Crippen LogP contribution in [-0.4, -0.2) is 35.3 Å². The number of nitrogens with zero attached hydrogens (tertiary/aromatic N) is 1. The maximum Gasteiger partial charge on any atom is 0.411 e. The molecule has 0 fully saturated rings. The Kier molecular flexibility index (Phi) is 15.1. The Morgan fingerprint density at radius 3 is 2.28 bits per heavy atom. The Labute approximate surface area is 310 Å². The number of fused-ring (bicyclic) bond motifs is 1. The van der Waals surface area contributed by atoms with Crippen molar-refractivity contribution in [2.75, 3.05) is 11.9 Å². The highest BCUT2D eigenvalue weighted by molar-refractivity contribution is 6.02. The number of hydrogen-bond acceptors (Lipinski definition) is 6. The molecule has 4 aromatic rings. The number of hydrogen-bond donors (Lipinski definition) is 1. The minimum absolute atomic E-state index is 0.125. The van der Waals surface area contributed by atoms with E-state index in [-0.39, 0.29) is 30.1 Å². The van der Waals surface area contributed by atoms with Gasteiger partial charge in [-0.1, -0.05) is 81.8 Å². The fraction of sp³-hybridized carbons (Fsp3) is 0.326. The van der Waals surface area contributed by atoms with Gasteiger partial charge in [0.1, 0.15) is 29.6 Å². The molecule has 10 heteroatoms. The number of anilines is 1. The molecule has 0 radical (unpaired) electrons. The number of ketones is 1. The maximum atomic E-state index is 14.0. The van der Waals surface area contributed by atoms with Crippen LogP contribution < -0.4 is 14.8 Å². The van der Waals surface area contributed by atoms with E-state index in [1.807, 2.05) is 50.2 Å². The molecule has 0 aliphatic carbocycles. The summed E-state index contributed by atoms with van der Waals surface area (Å²) in [7, 11) is 0. The molecule has 8 nitrogen and oxygen atoms in total. The minimum Gasteiger partial charge on any atom is -0.492 e. The summed E-state index contributed by atoms with van der Waals surface area (Å²) < 4.78 is 44.2. The summed E-state index contributed by atoms with van der Waals surface area (Å²) in [5, 5.41) is 2.65. The third-order valence-electron chi connectivity index (χ3n) is 8.46. The summed E-state index contributed by atoms with van der Waals surface area (Å²) in [4.78, 5) is 40.7. The monoisotopic (exact) mass is 726 g/mol. The van der Waals surface area contributed by atoms with Crippen molar-refractivity contribution >= 4 is 23.5 Å². The average molecular weight is 727 g/mol. The van der Waals surface area contributed by atoms with Gasteiger partial charge in [0.15, 0.2) is 11.6 Å². The number of halogens is 2. The molecule has 2 amide bonds. The Morgan fingerprint density at radius 1 is 0.925 bits per heavy atom. The number of aryl methyl sites for hydroxylation is 1. The van der Waals surface area contributed by atoms with Crippen molar-refractivity contribution in [1.29, 1.82) is 0 Å². The number of carbonyl (C=O) groups is 3. The van der Waals surface area contributed by atoms with E-state index in [1.54, 1.807) is 35.2 Å². The zero-order valence-electron chi connectivity index (χ0n) is 30.9. The van der Waals surface area contributed by atoms with Crippen molar-refractivity contribution in [3.8, 4) is 17.2 Å². The van der Waals surface area contributed by atoms with E-state index >= 15 is 0 Å². The second-order valence-corrected chi connectivity index (χ2v) is 12.9. The van der Waals surface area contributed by atoms with Crippen molar-refractivity contribution < 1.29 is 37.4 Å². The molecular weight excluding hydrogens is 678 g/mol. The van der Waals surface area contributed by atoms with Gasteiger partial charge < -0.3 is 19.1 Å². The van der Waals surface area contributed by atoms with E-state index in [0.717, 1.165) is 29.7 Å². The molecule has 1 unspecified atom stereocenters. The Balaban J connectivity index is 0.00000202. The van der Waals surface area contributed by atoms with Gasteiger partial charge in [0.2, 0.25) is 0 Å². The van der Waals surface area contributed by atoms with E-state index in [1.165, 1.54) is 18.1 Å². The first kappa shape index (κ1) is 40.3. The molecule has 1 aliphatic heterocycles. The molecule has 4 aromatic carbocycles. The molecule has 0 bridgehead atoms. The Morgan fingerprint density at radius 2 is 1.62 bits per heavy atom. The van der Waals surface area contributed by atoms with Gasteiger partial charge in [-0.05, 0) is 73.7 Å². The van der Waals surface area contributed by atoms with Crippen LogP contribution >= 0.6 is 0 Å². The SMILES string of the molecule is C=C(C)C(CCC(=O)CC)N1Cc2ccc(COC(=O)Nc3ccc(Oc4ccc(F)c(F)c4)cc3)c(OCCCc3ccccc3)c2C1=O.CCC. The van der Waals surface area contributed by atoms with Crippen molar-refractivity contribution in [2.24, 2.45) is 0 Å². The van der Waals surface area contributed by atoms with Crippen LogP contribution in [0.25, 0.3) is 0 Å². The molecule has 0 saturated carbocycles. The maximum absolute atomic E-state index is 14.0. The first-order chi connectivity index (χ1) is 25.5. The number of carbonyl (C=O) groups excluding carboxylic acids is 3. The molecule has 0 spiro atoms. The third-order valence-corrected chi connectivity index (χ3v) is 8.46. The van der Waals surface area contributed by atoms with Gasteiger partial charge in [-0.3, -0.25) is 14.9 Å². The summed E-state index contributed by atoms with van der Waals surface area (Å²) in [5.41, 5.74) is 4.14. The molecule has 0 aromatic heterocycles. The number of ether oxygens (including phenoxy) is 3. The summed E-state index contributed by atoms with van der Waals surface area (Å²) in [6.07, 6.45) is 3.30. The van der Waals surface area contributed by atoms with Crippen LogP contribution in [0.15, 0.2) is 97.1 Å². The average Bonchev–Trinajstić information content (AvgIpc) is 3.48. The van der Waals surface area contributed by atoms with E-state index < -0.39 is 17.7 Å². The molecular formula is C43H48F2N2O6. The van der Waals surface area contributed by atoms with Gasteiger partial charge in [-0.25, -0.2) is 13.6 Å². The standard InChI is InChI=1S/C40H40F2N2O6.C3H8/c1-4-31(45)16-21-36(26(2)3)44-24-28-12-13-29(38(37(28)39(44)46)48-22-8-11-27-9-6-5-7-10-27)25-49-40(47)43-30-14-17-32(18-15-30)50-33-19-20-34(41)35(42)23-33;1-3-2/h5-7,9-10,12-15,17-20,23,36H,2,4,8,11,16,21-22,24-25H2,1,3H3,(H,43,47);3H2,1-2H3. The van der Waals surface area contributed by atoms with E-state index in [0.29, 0.717) is 67.1 Å². The van der Waals surface area contributed by atoms with Gasteiger partial charge >= 0.3 is 6.09 Å². The first-order valence-electron chi connectivity index (χ1n) is 18.0. The molecule has 1 heterocycles. The van der Waals surface area contributed by atoms with Gasteiger partial charge in [0.25, 0.3) is 5.91 Å². The lowest BCUT2D eigenvalue weighted by Gasteiger charge is -2.28. The van der Waals surface area contributed by atoms with E-state index in [2.05, 4.69) is 25.7 Å². The van der Waals surface area contributed by atoms with Crippen LogP contribution in [0.3, 0.4) is 0 Å². The normalized spacial score (nSPS) is 12.3. The van der Waals surface area contributed by atoms with Gasteiger partial charge in [0.05, 0.1) is 18.2 Å². The number of rotatable bonds is 16. The van der Waals surface area contributed by atoms with Crippen LogP contribution in [0, 0.1) is 11.6 Å². The molecule has 53 heavy (non-hydrogen) atoms. The predicted molar refractivity (Wildman–Crippen MR) is 202 cm³/mol.